The molecule has 2 amide bonds. The maximum absolute atomic E-state index is 14.5. The van der Waals surface area contributed by atoms with Crippen LogP contribution in [0, 0.1) is 11.7 Å². The summed E-state index contributed by atoms with van der Waals surface area (Å²) in [5.41, 5.74) is 1.02. The summed E-state index contributed by atoms with van der Waals surface area (Å²) >= 11 is 0. The fraction of sp³-hybridized carbons (Fsp3) is 0.333. The van der Waals surface area contributed by atoms with Gasteiger partial charge in [0.05, 0.1) is 29.5 Å². The monoisotopic (exact) mass is 452 g/mol. The van der Waals surface area contributed by atoms with Crippen molar-refractivity contribution in [2.24, 2.45) is 5.92 Å². The molecule has 3 aromatic rings. The number of pyridine rings is 3. The number of fused-ring (bicyclic) bond motifs is 1. The molecule has 0 fully saturated rings. The highest BCUT2D eigenvalue weighted by molar-refractivity contribution is 6.03. The second kappa shape index (κ2) is 8.73. The highest BCUT2D eigenvalue weighted by atomic mass is 19.1. The SMILES string of the molecule is C[C@@H]1CNc2ccc(-c3cncc(C(C)(C)F)c3)nc2N(C(=O)Nc2cncc(F)c2)[C@@H]1C. The molecule has 0 bridgehead atoms. The maximum atomic E-state index is 14.5. The average Bonchev–Trinajstić information content (AvgIpc) is 2.89. The van der Waals surface area contributed by atoms with E-state index in [1.54, 1.807) is 17.2 Å². The second-order valence-corrected chi connectivity index (χ2v) is 8.79. The number of hydrogen-bond acceptors (Lipinski definition) is 5. The summed E-state index contributed by atoms with van der Waals surface area (Å²) in [5, 5.41) is 6.06. The average molecular weight is 453 g/mol. The lowest BCUT2D eigenvalue weighted by Gasteiger charge is -2.30. The van der Waals surface area contributed by atoms with E-state index in [0.717, 1.165) is 6.20 Å². The summed E-state index contributed by atoms with van der Waals surface area (Å²) in [6.45, 7) is 7.56. The van der Waals surface area contributed by atoms with Gasteiger partial charge in [-0.15, -0.1) is 0 Å². The topological polar surface area (TPSA) is 83.0 Å². The molecular formula is C24H26F2N6O. The van der Waals surface area contributed by atoms with Crippen LogP contribution in [-0.2, 0) is 5.67 Å². The highest BCUT2D eigenvalue weighted by Crippen LogP contribution is 2.35. The van der Waals surface area contributed by atoms with Crippen LogP contribution in [0.4, 0.5) is 30.8 Å². The molecule has 2 atom stereocenters. The summed E-state index contributed by atoms with van der Waals surface area (Å²) in [6, 6.07) is 5.91. The van der Waals surface area contributed by atoms with Crippen molar-refractivity contribution in [2.45, 2.75) is 39.4 Å². The van der Waals surface area contributed by atoms with Crippen molar-refractivity contribution in [3.05, 3.63) is 60.4 Å². The predicted molar refractivity (Wildman–Crippen MR) is 124 cm³/mol. The number of aromatic nitrogens is 3. The molecule has 1 aliphatic heterocycles. The van der Waals surface area contributed by atoms with Gasteiger partial charge in [0.1, 0.15) is 11.5 Å². The molecule has 0 saturated carbocycles. The Morgan fingerprint density at radius 1 is 1.15 bits per heavy atom. The third kappa shape index (κ3) is 4.76. The number of carbonyl (C=O) groups excluding carboxylic acids is 1. The van der Waals surface area contributed by atoms with Gasteiger partial charge in [-0.2, -0.15) is 0 Å². The van der Waals surface area contributed by atoms with Crippen molar-refractivity contribution >= 4 is 23.2 Å². The first-order chi connectivity index (χ1) is 15.6. The standard InChI is InChI=1S/C24H26F2N6O/c1-14-9-29-21-6-5-20(16-7-17(11-27-10-16)24(3,4)26)31-22(21)32(15(14)2)23(33)30-19-8-18(25)12-28-13-19/h5-8,10-15,29H,9H2,1-4H3,(H,30,33)/t14-,15-/m1/s1. The molecule has 4 heterocycles. The number of amides is 2. The van der Waals surface area contributed by atoms with Gasteiger partial charge in [-0.3, -0.25) is 14.9 Å². The molecule has 9 heteroatoms. The molecule has 0 radical (unpaired) electrons. The molecule has 0 unspecified atom stereocenters. The number of carbonyl (C=O) groups is 1. The molecule has 0 aromatic carbocycles. The molecule has 1 aliphatic rings. The smallest absolute Gasteiger partial charge is 0.327 e. The Bertz CT molecular complexity index is 1180. The number of nitrogens with one attached hydrogen (secondary N) is 2. The van der Waals surface area contributed by atoms with E-state index >= 15 is 0 Å². The highest BCUT2D eigenvalue weighted by Gasteiger charge is 2.32. The second-order valence-electron chi connectivity index (χ2n) is 8.79. The van der Waals surface area contributed by atoms with Crippen LogP contribution in [0.2, 0.25) is 0 Å². The van der Waals surface area contributed by atoms with Crippen molar-refractivity contribution < 1.29 is 13.6 Å². The predicted octanol–water partition coefficient (Wildman–Crippen LogP) is 5.37. The van der Waals surface area contributed by atoms with E-state index in [2.05, 4.69) is 20.6 Å². The van der Waals surface area contributed by atoms with Gasteiger partial charge in [0.2, 0.25) is 0 Å². The van der Waals surface area contributed by atoms with E-state index in [-0.39, 0.29) is 17.6 Å². The minimum Gasteiger partial charge on any atom is -0.382 e. The molecule has 172 valence electrons. The Labute approximate surface area is 191 Å². The normalized spacial score (nSPS) is 18.2. The van der Waals surface area contributed by atoms with E-state index in [1.807, 2.05) is 26.0 Å². The van der Waals surface area contributed by atoms with Gasteiger partial charge in [0.25, 0.3) is 0 Å². The minimum atomic E-state index is -1.55. The minimum absolute atomic E-state index is 0.108. The molecule has 33 heavy (non-hydrogen) atoms. The Morgan fingerprint density at radius 3 is 2.64 bits per heavy atom. The Kier molecular flexibility index (Phi) is 5.97. The summed E-state index contributed by atoms with van der Waals surface area (Å²) in [6.07, 6.45) is 5.56. The van der Waals surface area contributed by atoms with Gasteiger partial charge in [0, 0.05) is 42.2 Å². The van der Waals surface area contributed by atoms with Gasteiger partial charge in [-0.05, 0) is 44.9 Å². The first-order valence-corrected chi connectivity index (χ1v) is 10.7. The number of anilines is 3. The van der Waals surface area contributed by atoms with Gasteiger partial charge < -0.3 is 10.6 Å². The summed E-state index contributed by atoms with van der Waals surface area (Å²) in [5.74, 6) is -0.0109. The van der Waals surface area contributed by atoms with E-state index in [4.69, 9.17) is 4.98 Å². The van der Waals surface area contributed by atoms with Crippen molar-refractivity contribution in [1.82, 2.24) is 15.0 Å². The van der Waals surface area contributed by atoms with Crippen molar-refractivity contribution in [1.29, 1.82) is 0 Å². The molecule has 4 rings (SSSR count). The molecular weight excluding hydrogens is 426 g/mol. The summed E-state index contributed by atoms with van der Waals surface area (Å²) in [7, 11) is 0. The Morgan fingerprint density at radius 2 is 1.91 bits per heavy atom. The fourth-order valence-corrected chi connectivity index (χ4v) is 3.67. The van der Waals surface area contributed by atoms with Crippen molar-refractivity contribution in [3.8, 4) is 11.3 Å². The first kappa shape index (κ1) is 22.6. The van der Waals surface area contributed by atoms with Crippen LogP contribution in [0.25, 0.3) is 11.3 Å². The lowest BCUT2D eigenvalue weighted by atomic mass is 10.00. The number of alkyl halides is 1. The van der Waals surface area contributed by atoms with Crippen LogP contribution < -0.4 is 15.5 Å². The molecule has 2 N–H and O–H groups in total. The van der Waals surface area contributed by atoms with Crippen LogP contribution in [0.15, 0.2) is 49.1 Å². The van der Waals surface area contributed by atoms with Gasteiger partial charge in [0.15, 0.2) is 5.82 Å². The molecule has 3 aromatic heterocycles. The van der Waals surface area contributed by atoms with Crippen LogP contribution >= 0.6 is 0 Å². The summed E-state index contributed by atoms with van der Waals surface area (Å²) in [4.78, 5) is 27.6. The number of halogens is 2. The fourth-order valence-electron chi connectivity index (χ4n) is 3.67. The first-order valence-electron chi connectivity index (χ1n) is 10.7. The van der Waals surface area contributed by atoms with Crippen LogP contribution in [0.1, 0.15) is 33.3 Å². The van der Waals surface area contributed by atoms with Crippen LogP contribution in [-0.4, -0.2) is 33.6 Å². The van der Waals surface area contributed by atoms with Crippen LogP contribution in [0.3, 0.4) is 0 Å². The molecule has 7 nitrogen and oxygen atoms in total. The van der Waals surface area contributed by atoms with E-state index in [0.29, 0.717) is 34.9 Å². The molecule has 0 saturated heterocycles. The molecule has 0 spiro atoms. The van der Waals surface area contributed by atoms with Crippen molar-refractivity contribution in [2.75, 3.05) is 22.1 Å². The molecule has 0 aliphatic carbocycles. The summed E-state index contributed by atoms with van der Waals surface area (Å²) < 4.78 is 28.1. The maximum Gasteiger partial charge on any atom is 0.327 e. The lowest BCUT2D eigenvalue weighted by molar-refractivity contribution is 0.221. The Balaban J connectivity index is 1.75. The van der Waals surface area contributed by atoms with Gasteiger partial charge in [-0.1, -0.05) is 6.92 Å². The Hall–Kier alpha value is -3.62. The number of urea groups is 1. The van der Waals surface area contributed by atoms with E-state index < -0.39 is 17.5 Å². The number of hydrogen-bond donors (Lipinski definition) is 2. The zero-order valence-electron chi connectivity index (χ0n) is 18.9. The van der Waals surface area contributed by atoms with E-state index in [1.165, 1.54) is 32.3 Å². The van der Waals surface area contributed by atoms with E-state index in [9.17, 15) is 13.6 Å². The number of rotatable bonds is 3. The third-order valence-corrected chi connectivity index (χ3v) is 5.84. The van der Waals surface area contributed by atoms with Gasteiger partial charge in [-0.25, -0.2) is 18.6 Å². The zero-order chi connectivity index (χ0) is 23.8. The lowest BCUT2D eigenvalue weighted by Crippen LogP contribution is -2.45. The zero-order valence-corrected chi connectivity index (χ0v) is 18.9. The van der Waals surface area contributed by atoms with Crippen LogP contribution in [0.5, 0.6) is 0 Å². The van der Waals surface area contributed by atoms with Gasteiger partial charge >= 0.3 is 6.03 Å². The quantitative estimate of drug-likeness (QED) is 0.558. The third-order valence-electron chi connectivity index (χ3n) is 5.84. The van der Waals surface area contributed by atoms with Crippen molar-refractivity contribution in [3.63, 3.8) is 0 Å². The number of nitrogens with zero attached hydrogens (tertiary/aromatic N) is 4. The largest absolute Gasteiger partial charge is 0.382 e.